The van der Waals surface area contributed by atoms with Gasteiger partial charge >= 0.3 is 0 Å². The van der Waals surface area contributed by atoms with Crippen LogP contribution in [0.4, 0.5) is 0 Å². The summed E-state index contributed by atoms with van der Waals surface area (Å²) in [5, 5.41) is 7.47. The number of fused-ring (bicyclic) bond motifs is 3. The third-order valence-corrected chi connectivity index (χ3v) is 10.8. The molecule has 10 aromatic carbocycles. The van der Waals surface area contributed by atoms with Crippen molar-refractivity contribution in [2.45, 2.75) is 0 Å². The molecule has 0 bridgehead atoms. The molecule has 0 spiro atoms. The van der Waals surface area contributed by atoms with Crippen LogP contribution in [0.1, 0.15) is 0 Å². The summed E-state index contributed by atoms with van der Waals surface area (Å²) in [5.41, 5.74) is 14.6. The lowest BCUT2D eigenvalue weighted by Gasteiger charge is -2.18. The van der Waals surface area contributed by atoms with Crippen molar-refractivity contribution >= 4 is 32.3 Å². The van der Waals surface area contributed by atoms with Gasteiger partial charge in [-0.3, -0.25) is 0 Å². The molecule has 0 nitrogen and oxygen atoms in total. The van der Waals surface area contributed by atoms with Crippen LogP contribution in [0, 0.1) is 0 Å². The maximum Gasteiger partial charge on any atom is -0.00926 e. The average molecular weight is 685 g/mol. The van der Waals surface area contributed by atoms with Gasteiger partial charge in [-0.2, -0.15) is 0 Å². The summed E-state index contributed by atoms with van der Waals surface area (Å²) in [4.78, 5) is 0. The molecule has 0 heteroatoms. The van der Waals surface area contributed by atoms with Gasteiger partial charge in [0.05, 0.1) is 0 Å². The highest BCUT2D eigenvalue weighted by atomic mass is 14.2. The lowest BCUT2D eigenvalue weighted by Crippen LogP contribution is -1.91. The molecular formula is C54H36. The van der Waals surface area contributed by atoms with Gasteiger partial charge in [-0.25, -0.2) is 0 Å². The molecule has 0 atom stereocenters. The fraction of sp³-hybridized carbons (Fsp3) is 0. The van der Waals surface area contributed by atoms with Crippen LogP contribution in [0.2, 0.25) is 0 Å². The fourth-order valence-electron chi connectivity index (χ4n) is 7.99. The van der Waals surface area contributed by atoms with E-state index in [1.54, 1.807) is 0 Å². The highest BCUT2D eigenvalue weighted by Gasteiger charge is 2.16. The number of hydrogen-bond acceptors (Lipinski definition) is 0. The fourth-order valence-corrected chi connectivity index (χ4v) is 7.99. The molecule has 0 aromatic heterocycles. The highest BCUT2D eigenvalue weighted by Crippen LogP contribution is 2.42. The van der Waals surface area contributed by atoms with Crippen molar-refractivity contribution in [2.24, 2.45) is 0 Å². The molecule has 10 rings (SSSR count). The van der Waals surface area contributed by atoms with E-state index in [0.717, 1.165) is 0 Å². The monoisotopic (exact) mass is 684 g/mol. The van der Waals surface area contributed by atoms with E-state index >= 15 is 0 Å². The standard InChI is InChI=1S/C54H36/c1-4-13-37(14-5-1)44-25-26-47-32-48(28-27-46(47)31-44)50-34-52(40-18-8-3-9-19-40)53-35-49(33-51(54(53)36-50)39-16-6-2-7-17-39)43-22-12-21-42(30-43)45-24-23-38-15-10-11-20-41(38)29-45/h1-36H. The van der Waals surface area contributed by atoms with Gasteiger partial charge in [0, 0.05) is 0 Å². The van der Waals surface area contributed by atoms with Crippen molar-refractivity contribution < 1.29 is 0 Å². The molecule has 0 radical (unpaired) electrons. The molecule has 54 heavy (non-hydrogen) atoms. The van der Waals surface area contributed by atoms with E-state index < -0.39 is 0 Å². The average Bonchev–Trinajstić information content (AvgIpc) is 3.26. The summed E-state index contributed by atoms with van der Waals surface area (Å²) in [7, 11) is 0. The van der Waals surface area contributed by atoms with E-state index in [0.29, 0.717) is 0 Å². The van der Waals surface area contributed by atoms with E-state index in [4.69, 9.17) is 0 Å². The Bertz CT molecular complexity index is 2960. The predicted molar refractivity (Wildman–Crippen MR) is 232 cm³/mol. The molecule has 0 amide bonds. The van der Waals surface area contributed by atoms with Crippen LogP contribution in [-0.2, 0) is 0 Å². The largest absolute Gasteiger partial charge is 0.0622 e. The molecule has 0 aliphatic rings. The molecule has 252 valence electrons. The Balaban J connectivity index is 1.16. The van der Waals surface area contributed by atoms with Gasteiger partial charge < -0.3 is 0 Å². The minimum absolute atomic E-state index is 1.20. The van der Waals surface area contributed by atoms with E-state index in [9.17, 15) is 0 Å². The van der Waals surface area contributed by atoms with Crippen molar-refractivity contribution in [3.63, 3.8) is 0 Å². The van der Waals surface area contributed by atoms with E-state index in [1.807, 2.05) is 0 Å². The maximum absolute atomic E-state index is 2.40. The molecule has 0 saturated heterocycles. The van der Waals surface area contributed by atoms with E-state index in [1.165, 1.54) is 99.1 Å². The second-order valence-corrected chi connectivity index (χ2v) is 14.2. The smallest absolute Gasteiger partial charge is 0.00926 e. The minimum atomic E-state index is 1.20. The summed E-state index contributed by atoms with van der Waals surface area (Å²) in [6.45, 7) is 0. The van der Waals surface area contributed by atoms with Gasteiger partial charge in [0.25, 0.3) is 0 Å². The molecule has 0 unspecified atom stereocenters. The summed E-state index contributed by atoms with van der Waals surface area (Å²) in [5.74, 6) is 0. The summed E-state index contributed by atoms with van der Waals surface area (Å²) < 4.78 is 0. The van der Waals surface area contributed by atoms with Gasteiger partial charge in [-0.1, -0.05) is 170 Å². The first kappa shape index (κ1) is 31.7. The van der Waals surface area contributed by atoms with Crippen LogP contribution in [-0.4, -0.2) is 0 Å². The van der Waals surface area contributed by atoms with Gasteiger partial charge in [0.2, 0.25) is 0 Å². The van der Waals surface area contributed by atoms with Crippen LogP contribution in [0.3, 0.4) is 0 Å². The number of rotatable bonds is 6. The van der Waals surface area contributed by atoms with E-state index in [2.05, 4.69) is 218 Å². The first-order valence-corrected chi connectivity index (χ1v) is 18.7. The minimum Gasteiger partial charge on any atom is -0.0622 e. The summed E-state index contributed by atoms with van der Waals surface area (Å²) >= 11 is 0. The van der Waals surface area contributed by atoms with Gasteiger partial charge in [-0.05, 0) is 148 Å². The van der Waals surface area contributed by atoms with Crippen LogP contribution in [0.15, 0.2) is 218 Å². The van der Waals surface area contributed by atoms with E-state index in [-0.39, 0.29) is 0 Å². The van der Waals surface area contributed by atoms with Gasteiger partial charge in [0.15, 0.2) is 0 Å². The second-order valence-electron chi connectivity index (χ2n) is 14.2. The molecule has 0 fully saturated rings. The molecule has 0 saturated carbocycles. The second kappa shape index (κ2) is 13.5. The Hall–Kier alpha value is -7.02. The van der Waals surface area contributed by atoms with Gasteiger partial charge in [0.1, 0.15) is 0 Å². The first-order valence-electron chi connectivity index (χ1n) is 18.7. The zero-order valence-electron chi connectivity index (χ0n) is 29.8. The molecule has 10 aromatic rings. The maximum atomic E-state index is 2.40. The normalized spacial score (nSPS) is 11.3. The number of benzene rings is 10. The predicted octanol–water partition coefficient (Wildman–Crippen LogP) is 15.1. The van der Waals surface area contributed by atoms with Crippen molar-refractivity contribution in [1.82, 2.24) is 0 Å². The Morgan fingerprint density at radius 1 is 0.167 bits per heavy atom. The lowest BCUT2D eigenvalue weighted by molar-refractivity contribution is 1.59. The molecule has 0 aliphatic heterocycles. The Morgan fingerprint density at radius 3 is 1.06 bits per heavy atom. The quantitative estimate of drug-likeness (QED) is 0.164. The SMILES string of the molecule is c1ccc(-c2ccc3cc(-c4cc(-c5ccccc5)c5cc(-c6cccc(-c7ccc8ccccc8c7)c6)cc(-c6ccccc6)c5c4)ccc3c2)cc1. The zero-order chi connectivity index (χ0) is 35.8. The summed E-state index contributed by atoms with van der Waals surface area (Å²) in [6.07, 6.45) is 0. The van der Waals surface area contributed by atoms with Crippen molar-refractivity contribution in [2.75, 3.05) is 0 Å². The van der Waals surface area contributed by atoms with Crippen LogP contribution < -0.4 is 0 Å². The Kier molecular flexibility index (Phi) is 7.93. The van der Waals surface area contributed by atoms with Crippen molar-refractivity contribution in [3.8, 4) is 66.8 Å². The highest BCUT2D eigenvalue weighted by molar-refractivity contribution is 6.09. The van der Waals surface area contributed by atoms with Gasteiger partial charge in [-0.15, -0.1) is 0 Å². The van der Waals surface area contributed by atoms with Crippen LogP contribution in [0.5, 0.6) is 0 Å². The molecular weight excluding hydrogens is 649 g/mol. The van der Waals surface area contributed by atoms with Crippen molar-refractivity contribution in [1.29, 1.82) is 0 Å². The molecule has 0 heterocycles. The topological polar surface area (TPSA) is 0 Å². The van der Waals surface area contributed by atoms with Crippen LogP contribution in [0.25, 0.3) is 99.1 Å². The lowest BCUT2D eigenvalue weighted by atomic mass is 9.86. The number of hydrogen-bond donors (Lipinski definition) is 0. The Morgan fingerprint density at radius 2 is 0.519 bits per heavy atom. The third-order valence-electron chi connectivity index (χ3n) is 10.8. The van der Waals surface area contributed by atoms with Crippen molar-refractivity contribution in [3.05, 3.63) is 218 Å². The first-order chi connectivity index (χ1) is 26.7. The Labute approximate surface area is 316 Å². The molecule has 0 N–H and O–H groups in total. The molecule has 0 aliphatic carbocycles. The van der Waals surface area contributed by atoms with Crippen LogP contribution >= 0.6 is 0 Å². The summed E-state index contributed by atoms with van der Waals surface area (Å²) in [6, 6.07) is 79.9. The third kappa shape index (κ3) is 5.94. The zero-order valence-corrected chi connectivity index (χ0v) is 29.8.